The second-order valence-electron chi connectivity index (χ2n) is 3.50. The number of rotatable bonds is 4. The van der Waals surface area contributed by atoms with E-state index in [1.165, 1.54) is 0 Å². The molecule has 0 radical (unpaired) electrons. The van der Waals surface area contributed by atoms with Crippen LogP contribution in [0.2, 0.25) is 0 Å². The normalized spacial score (nSPS) is 11.1. The fourth-order valence-corrected chi connectivity index (χ4v) is 1.20. The Labute approximate surface area is 104 Å². The topological polar surface area (TPSA) is 111 Å². The van der Waals surface area contributed by atoms with Gasteiger partial charge in [0.15, 0.2) is 0 Å². The number of hydrogen-bond donors (Lipinski definition) is 2. The molecule has 1 heterocycles. The number of anilines is 1. The van der Waals surface area contributed by atoms with E-state index in [4.69, 9.17) is 5.73 Å². The molecule has 0 aliphatic carbocycles. The molecule has 1 aromatic rings. The molecule has 0 bridgehead atoms. The molecule has 0 saturated carbocycles. The number of nitrogens with one attached hydrogen (secondary N) is 1. The second-order valence-corrected chi connectivity index (χ2v) is 3.50. The van der Waals surface area contributed by atoms with E-state index in [0.717, 1.165) is 12.3 Å². The van der Waals surface area contributed by atoms with Crippen molar-refractivity contribution < 1.29 is 22.9 Å². The van der Waals surface area contributed by atoms with Gasteiger partial charge in [-0.15, -0.1) is 0 Å². The highest BCUT2D eigenvalue weighted by atomic mass is 19.4. The third kappa shape index (κ3) is 4.41. The molecule has 1 aromatic heterocycles. The van der Waals surface area contributed by atoms with E-state index in [2.05, 4.69) is 4.98 Å². The molecule has 10 heteroatoms. The van der Waals surface area contributed by atoms with Crippen LogP contribution in [0.15, 0.2) is 12.3 Å². The van der Waals surface area contributed by atoms with Gasteiger partial charge in [-0.25, -0.2) is 4.98 Å². The molecule has 0 aliphatic heterocycles. The van der Waals surface area contributed by atoms with Crippen molar-refractivity contribution in [2.45, 2.75) is 12.6 Å². The first-order valence-corrected chi connectivity index (χ1v) is 4.95. The van der Waals surface area contributed by atoms with E-state index in [0.29, 0.717) is 0 Å². The van der Waals surface area contributed by atoms with Crippen LogP contribution in [0.25, 0.3) is 0 Å². The van der Waals surface area contributed by atoms with Crippen LogP contribution in [-0.4, -0.2) is 28.5 Å². The first-order valence-electron chi connectivity index (χ1n) is 4.95. The first-order chi connectivity index (χ1) is 8.70. The largest absolute Gasteiger partial charge is 0.390 e. The van der Waals surface area contributed by atoms with Crippen molar-refractivity contribution >= 4 is 17.4 Å². The summed E-state index contributed by atoms with van der Waals surface area (Å²) in [5.74, 6) is -1.16. The fourth-order valence-electron chi connectivity index (χ4n) is 1.20. The number of nitrogens with two attached hydrogens (primary N) is 1. The lowest BCUT2D eigenvalue weighted by Crippen LogP contribution is -2.28. The van der Waals surface area contributed by atoms with Gasteiger partial charge in [0.05, 0.1) is 11.3 Å². The van der Waals surface area contributed by atoms with Crippen LogP contribution < -0.4 is 11.1 Å². The summed E-state index contributed by atoms with van der Waals surface area (Å²) in [6.45, 7) is -0.679. The molecule has 3 N–H and O–H groups in total. The van der Waals surface area contributed by atoms with Gasteiger partial charge in [-0.3, -0.25) is 14.9 Å². The number of amides is 1. The third-order valence-electron chi connectivity index (χ3n) is 2.04. The van der Waals surface area contributed by atoms with Crippen molar-refractivity contribution in [1.29, 1.82) is 0 Å². The lowest BCUT2D eigenvalue weighted by Gasteiger charge is -2.08. The summed E-state index contributed by atoms with van der Waals surface area (Å²) in [6, 6.07) is 0.932. The molecule has 1 amide bonds. The molecule has 0 atom stereocenters. The van der Waals surface area contributed by atoms with E-state index in [-0.39, 0.29) is 5.82 Å². The molecule has 19 heavy (non-hydrogen) atoms. The zero-order valence-electron chi connectivity index (χ0n) is 9.40. The van der Waals surface area contributed by atoms with E-state index in [9.17, 15) is 28.1 Å². The van der Waals surface area contributed by atoms with Gasteiger partial charge in [-0.2, -0.15) is 13.2 Å². The summed E-state index contributed by atoms with van der Waals surface area (Å²) >= 11 is 0. The Morgan fingerprint density at radius 1 is 1.53 bits per heavy atom. The van der Waals surface area contributed by atoms with Gasteiger partial charge < -0.3 is 11.1 Å². The molecule has 104 valence electrons. The van der Waals surface area contributed by atoms with Crippen molar-refractivity contribution in [3.8, 4) is 0 Å². The van der Waals surface area contributed by atoms with Crippen LogP contribution in [0, 0.1) is 10.1 Å². The van der Waals surface area contributed by atoms with Crippen LogP contribution in [0.5, 0.6) is 0 Å². The first kappa shape index (κ1) is 14.7. The minimum absolute atomic E-state index is 0.147. The van der Waals surface area contributed by atoms with Gasteiger partial charge in [0.2, 0.25) is 0 Å². The molecule has 1 rings (SSSR count). The number of hydrogen-bond acceptors (Lipinski definition) is 5. The highest BCUT2D eigenvalue weighted by Gasteiger charge is 2.27. The van der Waals surface area contributed by atoms with Gasteiger partial charge >= 0.3 is 6.18 Å². The second kappa shape index (κ2) is 5.50. The minimum Gasteiger partial charge on any atom is -0.384 e. The van der Waals surface area contributed by atoms with Crippen LogP contribution in [-0.2, 0) is 0 Å². The number of nitrogens with zero attached hydrogens (tertiary/aromatic N) is 2. The molecule has 0 aromatic carbocycles. The van der Waals surface area contributed by atoms with Crippen molar-refractivity contribution in [2.75, 3.05) is 12.3 Å². The number of alkyl halides is 3. The SMILES string of the molecule is Nc1cc(C(=O)NCCC(F)(F)F)c([N+](=O)[O-])cn1. The highest BCUT2D eigenvalue weighted by molar-refractivity contribution is 5.98. The predicted octanol–water partition coefficient (Wildman–Crippen LogP) is 1.25. The molecular weight excluding hydrogens is 269 g/mol. The van der Waals surface area contributed by atoms with Crippen molar-refractivity contribution in [3.63, 3.8) is 0 Å². The van der Waals surface area contributed by atoms with Gasteiger partial charge in [0.25, 0.3) is 11.6 Å². The summed E-state index contributed by atoms with van der Waals surface area (Å²) < 4.78 is 35.7. The fraction of sp³-hybridized carbons (Fsp3) is 0.333. The number of carbonyl (C=O) groups excluding carboxylic acids is 1. The summed E-state index contributed by atoms with van der Waals surface area (Å²) in [5.41, 5.74) is 4.21. The van der Waals surface area contributed by atoms with Crippen LogP contribution in [0.3, 0.4) is 0 Å². The zero-order valence-corrected chi connectivity index (χ0v) is 9.40. The number of nitro groups is 1. The summed E-state index contributed by atoms with van der Waals surface area (Å²) in [4.78, 5) is 24.7. The molecule has 0 aliphatic rings. The monoisotopic (exact) mass is 278 g/mol. The Morgan fingerprint density at radius 3 is 2.68 bits per heavy atom. The van der Waals surface area contributed by atoms with E-state index < -0.39 is 41.2 Å². The Morgan fingerprint density at radius 2 is 2.16 bits per heavy atom. The van der Waals surface area contributed by atoms with Crippen molar-refractivity contribution in [3.05, 3.63) is 27.9 Å². The smallest absolute Gasteiger partial charge is 0.384 e. The molecule has 0 unspecified atom stereocenters. The summed E-state index contributed by atoms with van der Waals surface area (Å²) in [6.07, 6.45) is -4.88. The standard InChI is InChI=1S/C9H9F3N4O3/c10-9(11,12)1-2-14-8(17)5-3-7(13)15-4-6(5)16(18)19/h3-4H,1-2H2,(H2,13,15)(H,14,17). The van der Waals surface area contributed by atoms with Gasteiger partial charge in [0, 0.05) is 6.54 Å². The van der Waals surface area contributed by atoms with Crippen LogP contribution in [0.1, 0.15) is 16.8 Å². The Balaban J connectivity index is 2.81. The third-order valence-corrected chi connectivity index (χ3v) is 2.04. The van der Waals surface area contributed by atoms with E-state index in [1.54, 1.807) is 0 Å². The number of pyridine rings is 1. The quantitative estimate of drug-likeness (QED) is 0.636. The maximum Gasteiger partial charge on any atom is 0.390 e. The van der Waals surface area contributed by atoms with Gasteiger partial charge in [0.1, 0.15) is 17.6 Å². The molecule has 0 spiro atoms. The molecule has 0 fully saturated rings. The maximum atomic E-state index is 11.9. The number of halogens is 3. The lowest BCUT2D eigenvalue weighted by atomic mass is 10.2. The van der Waals surface area contributed by atoms with Crippen molar-refractivity contribution in [1.82, 2.24) is 10.3 Å². The van der Waals surface area contributed by atoms with Crippen LogP contribution >= 0.6 is 0 Å². The molecule has 0 saturated heterocycles. The lowest BCUT2D eigenvalue weighted by molar-refractivity contribution is -0.385. The van der Waals surface area contributed by atoms with Crippen molar-refractivity contribution in [2.24, 2.45) is 0 Å². The van der Waals surface area contributed by atoms with E-state index >= 15 is 0 Å². The number of nitrogen functional groups attached to an aromatic ring is 1. The van der Waals surface area contributed by atoms with Gasteiger partial charge in [-0.05, 0) is 6.07 Å². The summed E-state index contributed by atoms with van der Waals surface area (Å²) in [5, 5.41) is 12.6. The molecule has 7 nitrogen and oxygen atoms in total. The average Bonchev–Trinajstić information content (AvgIpc) is 2.26. The van der Waals surface area contributed by atoms with Crippen LogP contribution in [0.4, 0.5) is 24.7 Å². The number of carbonyl (C=O) groups is 1. The number of aromatic nitrogens is 1. The summed E-state index contributed by atoms with van der Waals surface area (Å²) in [7, 11) is 0. The Bertz CT molecular complexity index is 504. The average molecular weight is 278 g/mol. The highest BCUT2D eigenvalue weighted by Crippen LogP contribution is 2.20. The maximum absolute atomic E-state index is 11.9. The Hall–Kier alpha value is -2.39. The molecular formula is C9H9F3N4O3. The van der Waals surface area contributed by atoms with Gasteiger partial charge in [-0.1, -0.05) is 0 Å². The zero-order chi connectivity index (χ0) is 14.6. The predicted molar refractivity (Wildman–Crippen MR) is 58.3 cm³/mol. The van der Waals surface area contributed by atoms with E-state index in [1.807, 2.05) is 5.32 Å². The Kier molecular flexibility index (Phi) is 4.25. The minimum atomic E-state index is -4.42.